The van der Waals surface area contributed by atoms with Crippen molar-refractivity contribution in [3.8, 4) is 0 Å². The Morgan fingerprint density at radius 2 is 1.86 bits per heavy atom. The summed E-state index contributed by atoms with van der Waals surface area (Å²) in [6.07, 6.45) is -5.84. The van der Waals surface area contributed by atoms with Gasteiger partial charge in [-0.05, 0) is 24.6 Å². The van der Waals surface area contributed by atoms with Crippen molar-refractivity contribution in [2.45, 2.75) is 19.0 Å². The molecule has 1 atom stereocenters. The van der Waals surface area contributed by atoms with Gasteiger partial charge in [0.05, 0.1) is 16.0 Å². The van der Waals surface area contributed by atoms with E-state index in [9.17, 15) is 22.8 Å². The first-order valence-corrected chi connectivity index (χ1v) is 6.88. The molecular weight excluding hydrogens is 346 g/mol. The van der Waals surface area contributed by atoms with Gasteiger partial charge in [0.2, 0.25) is 0 Å². The summed E-state index contributed by atoms with van der Waals surface area (Å²) in [7, 11) is 0. The molecule has 1 aromatic carbocycles. The fourth-order valence-corrected chi connectivity index (χ4v) is 1.93. The minimum atomic E-state index is -4.60. The number of nitrogens with one attached hydrogen (secondary N) is 1. The fourth-order valence-electron chi connectivity index (χ4n) is 1.63. The van der Waals surface area contributed by atoms with Gasteiger partial charge in [0.15, 0.2) is 0 Å². The van der Waals surface area contributed by atoms with Gasteiger partial charge in [-0.1, -0.05) is 23.2 Å². The molecule has 0 saturated heterocycles. The van der Waals surface area contributed by atoms with Gasteiger partial charge < -0.3 is 10.4 Å². The van der Waals surface area contributed by atoms with Crippen LogP contribution in [-0.2, 0) is 4.79 Å². The molecule has 4 nitrogen and oxygen atoms in total. The first-order valence-electron chi connectivity index (χ1n) is 6.13. The predicted octanol–water partition coefficient (Wildman–Crippen LogP) is 3.77. The molecule has 0 radical (unpaired) electrons. The van der Waals surface area contributed by atoms with E-state index in [4.69, 9.17) is 28.3 Å². The van der Waals surface area contributed by atoms with Crippen molar-refractivity contribution in [3.63, 3.8) is 0 Å². The number of alkyl halides is 3. The van der Waals surface area contributed by atoms with Crippen LogP contribution in [0.25, 0.3) is 0 Å². The summed E-state index contributed by atoms with van der Waals surface area (Å²) in [5.41, 5.74) is 0.0635. The summed E-state index contributed by atoms with van der Waals surface area (Å²) in [6.45, 7) is -0.712. The Hall–Kier alpha value is -1.47. The summed E-state index contributed by atoms with van der Waals surface area (Å²) >= 11 is 11.4. The lowest BCUT2D eigenvalue weighted by atomic mass is 10.0. The Kier molecular flexibility index (Phi) is 6.49. The lowest BCUT2D eigenvalue weighted by Gasteiger charge is -2.20. The molecule has 0 saturated carbocycles. The third-order valence-electron chi connectivity index (χ3n) is 2.86. The van der Waals surface area contributed by atoms with Crippen molar-refractivity contribution in [1.29, 1.82) is 0 Å². The highest BCUT2D eigenvalue weighted by molar-refractivity contribution is 6.42. The number of hydrogen-bond acceptors (Lipinski definition) is 2. The van der Waals surface area contributed by atoms with E-state index < -0.39 is 43.4 Å². The average Bonchev–Trinajstić information content (AvgIpc) is 2.39. The van der Waals surface area contributed by atoms with E-state index >= 15 is 0 Å². The van der Waals surface area contributed by atoms with Gasteiger partial charge in [-0.15, -0.1) is 0 Å². The number of carboxylic acids is 1. The van der Waals surface area contributed by atoms with Crippen molar-refractivity contribution in [3.05, 3.63) is 33.8 Å². The van der Waals surface area contributed by atoms with Crippen molar-refractivity contribution in [2.24, 2.45) is 5.92 Å². The highest BCUT2D eigenvalue weighted by Gasteiger charge is 2.39. The zero-order chi connectivity index (χ0) is 16.9. The number of hydrogen-bond donors (Lipinski definition) is 2. The Morgan fingerprint density at radius 3 is 2.36 bits per heavy atom. The van der Waals surface area contributed by atoms with Crippen LogP contribution >= 0.6 is 23.2 Å². The second-order valence-corrected chi connectivity index (χ2v) is 5.32. The number of aliphatic carboxylic acids is 1. The fraction of sp³-hybridized carbons (Fsp3) is 0.385. The third kappa shape index (κ3) is 5.73. The summed E-state index contributed by atoms with van der Waals surface area (Å²) in [4.78, 5) is 22.2. The first-order chi connectivity index (χ1) is 10.1. The molecule has 9 heteroatoms. The molecule has 1 unspecified atom stereocenters. The first kappa shape index (κ1) is 18.6. The van der Waals surface area contributed by atoms with Gasteiger partial charge >= 0.3 is 12.1 Å². The van der Waals surface area contributed by atoms with E-state index in [-0.39, 0.29) is 15.6 Å². The Bertz CT molecular complexity index is 564. The molecule has 2 N–H and O–H groups in total. The number of benzene rings is 1. The second-order valence-electron chi connectivity index (χ2n) is 4.51. The molecule has 0 aliphatic heterocycles. The van der Waals surface area contributed by atoms with Crippen LogP contribution in [0.2, 0.25) is 10.0 Å². The van der Waals surface area contributed by atoms with Crippen molar-refractivity contribution >= 4 is 35.1 Å². The third-order valence-corrected chi connectivity index (χ3v) is 3.60. The lowest BCUT2D eigenvalue weighted by Crippen LogP contribution is -2.36. The molecule has 0 aliphatic carbocycles. The Balaban J connectivity index is 2.69. The van der Waals surface area contributed by atoms with Gasteiger partial charge in [0.1, 0.15) is 0 Å². The molecule has 0 bridgehead atoms. The monoisotopic (exact) mass is 357 g/mol. The normalized spacial score (nSPS) is 12.8. The van der Waals surface area contributed by atoms with E-state index in [1.165, 1.54) is 18.2 Å². The van der Waals surface area contributed by atoms with Crippen LogP contribution in [0.5, 0.6) is 0 Å². The number of carboxylic acid groups (broad SMARTS) is 1. The summed E-state index contributed by atoms with van der Waals surface area (Å²) in [5, 5.41) is 10.9. The number of rotatable bonds is 6. The van der Waals surface area contributed by atoms with Crippen LogP contribution in [-0.4, -0.2) is 29.7 Å². The largest absolute Gasteiger partial charge is 0.481 e. The summed E-state index contributed by atoms with van der Waals surface area (Å²) in [6, 6.07) is 3.91. The molecule has 1 aromatic rings. The van der Waals surface area contributed by atoms with Crippen molar-refractivity contribution in [1.82, 2.24) is 5.32 Å². The van der Waals surface area contributed by atoms with E-state index in [2.05, 4.69) is 5.32 Å². The topological polar surface area (TPSA) is 66.4 Å². The van der Waals surface area contributed by atoms with Gasteiger partial charge in [-0.25, -0.2) is 0 Å². The minimum Gasteiger partial charge on any atom is -0.481 e. The predicted molar refractivity (Wildman–Crippen MR) is 75.2 cm³/mol. The number of carbonyl (C=O) groups is 2. The van der Waals surface area contributed by atoms with Gasteiger partial charge in [0, 0.05) is 18.5 Å². The standard InChI is InChI=1S/C13H12Cl2F3NO3/c14-9-3-1-7(5-10(9)15)12(22)19-6-8(13(16,17)18)2-4-11(20)21/h1,3,5,8H,2,4,6H2,(H,19,22)(H,20,21). The van der Waals surface area contributed by atoms with Crippen LogP contribution < -0.4 is 5.32 Å². The SMILES string of the molecule is O=C(O)CCC(CNC(=O)c1ccc(Cl)c(Cl)c1)C(F)(F)F. The van der Waals surface area contributed by atoms with Crippen LogP contribution in [0.15, 0.2) is 18.2 Å². The highest BCUT2D eigenvalue weighted by atomic mass is 35.5. The van der Waals surface area contributed by atoms with Gasteiger partial charge in [-0.2, -0.15) is 13.2 Å². The number of halogens is 5. The molecule has 0 aliphatic rings. The maximum Gasteiger partial charge on any atom is 0.393 e. The molecule has 22 heavy (non-hydrogen) atoms. The van der Waals surface area contributed by atoms with Crippen LogP contribution in [0.4, 0.5) is 13.2 Å². The maximum absolute atomic E-state index is 12.8. The molecule has 122 valence electrons. The van der Waals surface area contributed by atoms with Crippen molar-refractivity contribution in [2.75, 3.05) is 6.54 Å². The Morgan fingerprint density at radius 1 is 1.23 bits per heavy atom. The van der Waals surface area contributed by atoms with E-state index in [1.807, 2.05) is 0 Å². The number of amides is 1. The summed E-state index contributed by atoms with van der Waals surface area (Å²) in [5.74, 6) is -4.01. The molecule has 1 amide bonds. The quantitative estimate of drug-likeness (QED) is 0.814. The van der Waals surface area contributed by atoms with E-state index in [0.29, 0.717) is 0 Å². The van der Waals surface area contributed by atoms with Crippen molar-refractivity contribution < 1.29 is 27.9 Å². The Labute approximate surface area is 134 Å². The second kappa shape index (κ2) is 7.69. The molecular formula is C13H12Cl2F3NO3. The van der Waals surface area contributed by atoms with Crippen LogP contribution in [0.3, 0.4) is 0 Å². The van der Waals surface area contributed by atoms with Crippen LogP contribution in [0.1, 0.15) is 23.2 Å². The maximum atomic E-state index is 12.8. The zero-order valence-electron chi connectivity index (χ0n) is 11.1. The van der Waals surface area contributed by atoms with Crippen LogP contribution in [0, 0.1) is 5.92 Å². The van der Waals surface area contributed by atoms with Gasteiger partial charge in [-0.3, -0.25) is 9.59 Å². The molecule has 0 heterocycles. The van der Waals surface area contributed by atoms with E-state index in [1.54, 1.807) is 0 Å². The zero-order valence-corrected chi connectivity index (χ0v) is 12.6. The molecule has 0 spiro atoms. The highest BCUT2D eigenvalue weighted by Crippen LogP contribution is 2.29. The van der Waals surface area contributed by atoms with Gasteiger partial charge in [0.25, 0.3) is 5.91 Å². The molecule has 1 rings (SSSR count). The average molecular weight is 358 g/mol. The minimum absolute atomic E-state index is 0.0635. The molecule has 0 aromatic heterocycles. The van der Waals surface area contributed by atoms with E-state index in [0.717, 1.165) is 0 Å². The number of carbonyl (C=O) groups excluding carboxylic acids is 1. The smallest absolute Gasteiger partial charge is 0.393 e. The summed E-state index contributed by atoms with van der Waals surface area (Å²) < 4.78 is 38.3. The lowest BCUT2D eigenvalue weighted by molar-refractivity contribution is -0.175. The molecule has 0 fully saturated rings.